The molecule has 0 saturated heterocycles. The topological polar surface area (TPSA) is 105 Å². The highest BCUT2D eigenvalue weighted by Crippen LogP contribution is 1.88. The van der Waals surface area contributed by atoms with Gasteiger partial charge in [0.25, 0.3) is 0 Å². The minimum absolute atomic E-state index is 0.333. The van der Waals surface area contributed by atoms with Crippen molar-refractivity contribution in [3.8, 4) is 0 Å². The molecule has 4 N–H and O–H groups in total. The first-order valence-corrected chi connectivity index (χ1v) is 5.41. The summed E-state index contributed by atoms with van der Waals surface area (Å²) in [6, 6.07) is -1.01. The van der Waals surface area contributed by atoms with Crippen LogP contribution in [0.2, 0.25) is 0 Å². The molecule has 1 amide bonds. The number of aliphatic carboxylic acids is 1. The van der Waals surface area contributed by atoms with Crippen LogP contribution in [-0.4, -0.2) is 68.3 Å². The van der Waals surface area contributed by atoms with E-state index >= 15 is 0 Å². The predicted octanol–water partition coefficient (Wildman–Crippen LogP) is -1.52. The molecule has 0 aromatic heterocycles. The summed E-state index contributed by atoms with van der Waals surface area (Å²) in [6.07, 6.45) is -0.368. The van der Waals surface area contributed by atoms with Gasteiger partial charge in [0.2, 0.25) is 5.91 Å². The van der Waals surface area contributed by atoms with E-state index in [0.29, 0.717) is 19.8 Å². The third-order valence-corrected chi connectivity index (χ3v) is 1.96. The van der Waals surface area contributed by atoms with E-state index < -0.39 is 17.9 Å². The van der Waals surface area contributed by atoms with Gasteiger partial charge in [-0.25, -0.2) is 0 Å². The number of ether oxygens (including phenoxy) is 1. The number of nitrogens with one attached hydrogen (secondary N) is 1. The van der Waals surface area contributed by atoms with Crippen LogP contribution in [0.25, 0.3) is 0 Å². The Morgan fingerprint density at radius 3 is 2.59 bits per heavy atom. The molecule has 0 bridgehead atoms. The van der Waals surface area contributed by atoms with Crippen molar-refractivity contribution >= 4 is 11.9 Å². The quantitative estimate of drug-likeness (QED) is 0.427. The van der Waals surface area contributed by atoms with Crippen molar-refractivity contribution in [1.82, 2.24) is 10.2 Å². The summed E-state index contributed by atoms with van der Waals surface area (Å²) in [7, 11) is 3.88. The number of carbonyl (C=O) groups is 2. The predicted molar refractivity (Wildman–Crippen MR) is 62.6 cm³/mol. The maximum absolute atomic E-state index is 11.3. The lowest BCUT2D eigenvalue weighted by Gasteiger charge is -2.12. The summed E-state index contributed by atoms with van der Waals surface area (Å²) in [5, 5.41) is 10.9. The lowest BCUT2D eigenvalue weighted by molar-refractivity contribution is -0.139. The molecule has 0 radical (unpaired) electrons. The van der Waals surface area contributed by atoms with E-state index in [-0.39, 0.29) is 6.42 Å². The first-order chi connectivity index (χ1) is 7.93. The second-order valence-corrected chi connectivity index (χ2v) is 3.91. The number of amides is 1. The zero-order valence-electron chi connectivity index (χ0n) is 10.3. The summed E-state index contributed by atoms with van der Waals surface area (Å²) in [6.45, 7) is 2.12. The number of hydrogen-bond donors (Lipinski definition) is 3. The highest BCUT2D eigenvalue weighted by Gasteiger charge is 2.15. The number of nitrogens with zero attached hydrogens (tertiary/aromatic N) is 1. The van der Waals surface area contributed by atoms with Crippen molar-refractivity contribution in [1.29, 1.82) is 0 Å². The Balaban J connectivity index is 3.48. The minimum Gasteiger partial charge on any atom is -0.481 e. The summed E-state index contributed by atoms with van der Waals surface area (Å²) in [4.78, 5) is 23.5. The largest absolute Gasteiger partial charge is 0.481 e. The van der Waals surface area contributed by atoms with Gasteiger partial charge in [-0.3, -0.25) is 9.59 Å². The average molecular weight is 247 g/mol. The van der Waals surface area contributed by atoms with E-state index in [4.69, 9.17) is 15.6 Å². The first-order valence-electron chi connectivity index (χ1n) is 5.41. The molecular formula is C10H21N3O4. The van der Waals surface area contributed by atoms with Gasteiger partial charge in [0, 0.05) is 13.1 Å². The molecule has 17 heavy (non-hydrogen) atoms. The van der Waals surface area contributed by atoms with Gasteiger partial charge < -0.3 is 25.8 Å². The Morgan fingerprint density at radius 2 is 2.06 bits per heavy atom. The molecule has 0 heterocycles. The molecular weight excluding hydrogens is 226 g/mol. The van der Waals surface area contributed by atoms with E-state index in [2.05, 4.69) is 5.32 Å². The minimum atomic E-state index is -1.09. The lowest BCUT2D eigenvalue weighted by Crippen LogP contribution is -2.43. The van der Waals surface area contributed by atoms with E-state index in [9.17, 15) is 9.59 Å². The summed E-state index contributed by atoms with van der Waals surface area (Å²) in [5.74, 6) is -1.56. The fourth-order valence-corrected chi connectivity index (χ4v) is 1.01. The molecule has 0 saturated carbocycles. The van der Waals surface area contributed by atoms with Crippen LogP contribution in [0.1, 0.15) is 6.42 Å². The molecule has 0 aromatic carbocycles. The Morgan fingerprint density at radius 1 is 1.41 bits per heavy atom. The van der Waals surface area contributed by atoms with Crippen molar-refractivity contribution in [3.63, 3.8) is 0 Å². The van der Waals surface area contributed by atoms with E-state index in [1.54, 1.807) is 0 Å². The van der Waals surface area contributed by atoms with Crippen molar-refractivity contribution in [2.75, 3.05) is 40.4 Å². The van der Waals surface area contributed by atoms with Crippen LogP contribution >= 0.6 is 0 Å². The third kappa shape index (κ3) is 9.73. The second kappa shape index (κ2) is 8.91. The fraction of sp³-hybridized carbons (Fsp3) is 0.800. The van der Waals surface area contributed by atoms with Crippen LogP contribution in [-0.2, 0) is 14.3 Å². The molecule has 7 heteroatoms. The van der Waals surface area contributed by atoms with Crippen LogP contribution in [0.4, 0.5) is 0 Å². The molecule has 0 aromatic rings. The zero-order valence-corrected chi connectivity index (χ0v) is 10.3. The number of nitrogens with two attached hydrogens (primary N) is 1. The van der Waals surface area contributed by atoms with Gasteiger partial charge >= 0.3 is 5.97 Å². The summed E-state index contributed by atoms with van der Waals surface area (Å²) >= 11 is 0. The highest BCUT2D eigenvalue weighted by atomic mass is 16.5. The van der Waals surface area contributed by atoms with E-state index in [0.717, 1.165) is 6.54 Å². The number of carbonyl (C=O) groups excluding carboxylic acids is 1. The number of carboxylic acids is 1. The van der Waals surface area contributed by atoms with Crippen molar-refractivity contribution in [3.05, 3.63) is 0 Å². The number of hydrogen-bond acceptors (Lipinski definition) is 5. The lowest BCUT2D eigenvalue weighted by atomic mass is 10.2. The van der Waals surface area contributed by atoms with Crippen LogP contribution in [0.15, 0.2) is 0 Å². The maximum Gasteiger partial charge on any atom is 0.305 e. The van der Waals surface area contributed by atoms with Crippen LogP contribution in [0, 0.1) is 0 Å². The third-order valence-electron chi connectivity index (χ3n) is 1.96. The van der Waals surface area contributed by atoms with Crippen molar-refractivity contribution in [2.24, 2.45) is 5.73 Å². The Kier molecular flexibility index (Phi) is 8.29. The monoisotopic (exact) mass is 247 g/mol. The SMILES string of the molecule is CN(C)CCOCCNC(=O)C(N)CC(=O)O. The normalized spacial score (nSPS) is 12.5. The highest BCUT2D eigenvalue weighted by molar-refractivity contribution is 5.85. The molecule has 0 aliphatic rings. The maximum atomic E-state index is 11.3. The van der Waals surface area contributed by atoms with Gasteiger partial charge in [0.1, 0.15) is 0 Å². The van der Waals surface area contributed by atoms with Crippen LogP contribution in [0.5, 0.6) is 0 Å². The Labute approximate surface area is 101 Å². The number of likely N-dealkylation sites (N-methyl/N-ethyl adjacent to an activating group) is 1. The molecule has 0 fully saturated rings. The van der Waals surface area contributed by atoms with Gasteiger partial charge in [-0.2, -0.15) is 0 Å². The molecule has 1 unspecified atom stereocenters. The van der Waals surface area contributed by atoms with Gasteiger partial charge in [-0.05, 0) is 14.1 Å². The zero-order chi connectivity index (χ0) is 13.3. The van der Waals surface area contributed by atoms with Gasteiger partial charge in [-0.1, -0.05) is 0 Å². The summed E-state index contributed by atoms with van der Waals surface area (Å²) in [5.41, 5.74) is 5.36. The molecule has 1 atom stereocenters. The van der Waals surface area contributed by atoms with E-state index in [1.165, 1.54) is 0 Å². The Bertz CT molecular complexity index is 246. The van der Waals surface area contributed by atoms with Crippen LogP contribution < -0.4 is 11.1 Å². The first kappa shape index (κ1) is 15.8. The van der Waals surface area contributed by atoms with Crippen molar-refractivity contribution < 1.29 is 19.4 Å². The molecule has 0 aliphatic carbocycles. The molecule has 0 spiro atoms. The van der Waals surface area contributed by atoms with Crippen LogP contribution in [0.3, 0.4) is 0 Å². The molecule has 0 rings (SSSR count). The van der Waals surface area contributed by atoms with E-state index in [1.807, 2.05) is 19.0 Å². The fourth-order valence-electron chi connectivity index (χ4n) is 1.01. The standard InChI is InChI=1S/C10H21N3O4/c1-13(2)4-6-17-5-3-12-10(16)8(11)7-9(14)15/h8H,3-7,11H2,1-2H3,(H,12,16)(H,14,15). The molecule has 7 nitrogen and oxygen atoms in total. The average Bonchev–Trinajstić information content (AvgIpc) is 2.21. The molecule has 0 aliphatic heterocycles. The van der Waals surface area contributed by atoms with Gasteiger partial charge in [0.05, 0.1) is 25.7 Å². The Hall–Kier alpha value is -1.18. The van der Waals surface area contributed by atoms with Gasteiger partial charge in [0.15, 0.2) is 0 Å². The molecule has 100 valence electrons. The summed E-state index contributed by atoms with van der Waals surface area (Å²) < 4.78 is 5.24. The van der Waals surface area contributed by atoms with Gasteiger partial charge in [-0.15, -0.1) is 0 Å². The smallest absolute Gasteiger partial charge is 0.305 e. The number of rotatable bonds is 9. The van der Waals surface area contributed by atoms with Crippen molar-refractivity contribution in [2.45, 2.75) is 12.5 Å². The second-order valence-electron chi connectivity index (χ2n) is 3.91. The number of carboxylic acid groups (broad SMARTS) is 1.